The zero-order valence-electron chi connectivity index (χ0n) is 12.9. The fourth-order valence-corrected chi connectivity index (χ4v) is 1.93. The summed E-state index contributed by atoms with van der Waals surface area (Å²) in [6.07, 6.45) is 3.46. The first kappa shape index (κ1) is 14.3. The normalized spacial score (nSPS) is 11.4. The van der Waals surface area contributed by atoms with Crippen LogP contribution < -0.4 is 0 Å². The maximum atomic E-state index is 4.59. The van der Waals surface area contributed by atoms with Gasteiger partial charge in [0.15, 0.2) is 11.6 Å². The van der Waals surface area contributed by atoms with Crippen LogP contribution in [-0.2, 0) is 5.41 Å². The van der Waals surface area contributed by atoms with Gasteiger partial charge in [-0.15, -0.1) is 0 Å². The minimum Gasteiger partial charge on any atom is -0.253 e. The molecule has 3 aromatic rings. The van der Waals surface area contributed by atoms with Gasteiger partial charge in [-0.2, -0.15) is 0 Å². The van der Waals surface area contributed by atoms with E-state index in [1.165, 1.54) is 0 Å². The van der Waals surface area contributed by atoms with Crippen LogP contribution in [0.1, 0.15) is 26.6 Å². The number of rotatable bonds is 2. The summed E-state index contributed by atoms with van der Waals surface area (Å²) in [7, 11) is 0. The van der Waals surface area contributed by atoms with Gasteiger partial charge in [0.25, 0.3) is 0 Å². The minimum absolute atomic E-state index is 0.185. The Morgan fingerprint density at radius 3 is 1.55 bits per heavy atom. The van der Waals surface area contributed by atoms with Crippen LogP contribution in [0.25, 0.3) is 23.0 Å². The molecule has 0 radical (unpaired) electrons. The summed E-state index contributed by atoms with van der Waals surface area (Å²) >= 11 is 0. The zero-order valence-corrected chi connectivity index (χ0v) is 12.9. The van der Waals surface area contributed by atoms with Crippen molar-refractivity contribution < 1.29 is 0 Å². The average molecular weight is 291 g/mol. The summed E-state index contributed by atoms with van der Waals surface area (Å²) in [6.45, 7) is 6.23. The second-order valence-corrected chi connectivity index (χ2v) is 5.99. The molecule has 0 atom stereocenters. The van der Waals surface area contributed by atoms with E-state index in [-0.39, 0.29) is 5.41 Å². The third kappa shape index (κ3) is 2.98. The SMILES string of the molecule is CC(C)(C)c1nc(-c2ccccn2)nc(-c2ccccn2)n1. The van der Waals surface area contributed by atoms with Crippen LogP contribution in [0.5, 0.6) is 0 Å². The summed E-state index contributed by atoms with van der Waals surface area (Å²) in [5.41, 5.74) is 1.27. The molecular weight excluding hydrogens is 274 g/mol. The summed E-state index contributed by atoms with van der Waals surface area (Å²) in [6, 6.07) is 11.4. The molecular formula is C17H17N5. The Morgan fingerprint density at radius 2 is 1.18 bits per heavy atom. The first-order valence-corrected chi connectivity index (χ1v) is 7.13. The molecule has 110 valence electrons. The molecule has 0 spiro atoms. The van der Waals surface area contributed by atoms with E-state index in [0.29, 0.717) is 11.6 Å². The highest BCUT2D eigenvalue weighted by molar-refractivity contribution is 5.55. The van der Waals surface area contributed by atoms with Gasteiger partial charge in [-0.3, -0.25) is 9.97 Å². The second-order valence-electron chi connectivity index (χ2n) is 5.99. The molecule has 5 heteroatoms. The highest BCUT2D eigenvalue weighted by atomic mass is 15.1. The fraction of sp³-hybridized carbons (Fsp3) is 0.235. The van der Waals surface area contributed by atoms with Crippen LogP contribution in [0.15, 0.2) is 48.8 Å². The molecule has 0 saturated carbocycles. The lowest BCUT2D eigenvalue weighted by Gasteiger charge is -2.17. The van der Waals surface area contributed by atoms with E-state index in [1.54, 1.807) is 12.4 Å². The van der Waals surface area contributed by atoms with Gasteiger partial charge in [0, 0.05) is 17.8 Å². The van der Waals surface area contributed by atoms with E-state index in [1.807, 2.05) is 36.4 Å². The van der Waals surface area contributed by atoms with Gasteiger partial charge in [0.1, 0.15) is 17.2 Å². The first-order valence-electron chi connectivity index (χ1n) is 7.13. The molecule has 3 rings (SSSR count). The molecule has 0 unspecified atom stereocenters. The van der Waals surface area contributed by atoms with Gasteiger partial charge in [-0.25, -0.2) is 15.0 Å². The quantitative estimate of drug-likeness (QED) is 0.725. The van der Waals surface area contributed by atoms with Crippen LogP contribution in [0, 0.1) is 0 Å². The van der Waals surface area contributed by atoms with E-state index in [2.05, 4.69) is 45.7 Å². The van der Waals surface area contributed by atoms with Gasteiger partial charge in [-0.1, -0.05) is 32.9 Å². The maximum Gasteiger partial charge on any atom is 0.182 e. The van der Waals surface area contributed by atoms with Crippen molar-refractivity contribution in [3.05, 3.63) is 54.6 Å². The van der Waals surface area contributed by atoms with Crippen LogP contribution in [-0.4, -0.2) is 24.9 Å². The Balaban J connectivity index is 2.19. The molecule has 0 aliphatic heterocycles. The van der Waals surface area contributed by atoms with E-state index >= 15 is 0 Å². The van der Waals surface area contributed by atoms with Crippen molar-refractivity contribution >= 4 is 0 Å². The molecule has 0 bridgehead atoms. The Labute approximate surface area is 129 Å². The number of pyridine rings is 2. The molecule has 3 heterocycles. The van der Waals surface area contributed by atoms with Gasteiger partial charge in [-0.05, 0) is 24.3 Å². The number of aromatic nitrogens is 5. The van der Waals surface area contributed by atoms with E-state index in [0.717, 1.165) is 17.2 Å². The van der Waals surface area contributed by atoms with Crippen LogP contribution >= 0.6 is 0 Å². The Bertz CT molecular complexity index is 706. The van der Waals surface area contributed by atoms with Crippen LogP contribution in [0.4, 0.5) is 0 Å². The van der Waals surface area contributed by atoms with Gasteiger partial charge in [0.2, 0.25) is 0 Å². The van der Waals surface area contributed by atoms with Crippen LogP contribution in [0.3, 0.4) is 0 Å². The van der Waals surface area contributed by atoms with Crippen molar-refractivity contribution in [1.82, 2.24) is 24.9 Å². The highest BCUT2D eigenvalue weighted by Crippen LogP contribution is 2.23. The van der Waals surface area contributed by atoms with Crippen molar-refractivity contribution in [3.63, 3.8) is 0 Å². The van der Waals surface area contributed by atoms with Crippen molar-refractivity contribution in [2.24, 2.45) is 0 Å². The monoisotopic (exact) mass is 291 g/mol. The molecule has 5 nitrogen and oxygen atoms in total. The fourth-order valence-electron chi connectivity index (χ4n) is 1.93. The summed E-state index contributed by atoms with van der Waals surface area (Å²) < 4.78 is 0. The zero-order chi connectivity index (χ0) is 15.6. The largest absolute Gasteiger partial charge is 0.253 e. The van der Waals surface area contributed by atoms with Crippen molar-refractivity contribution in [2.45, 2.75) is 26.2 Å². The molecule has 0 N–H and O–H groups in total. The van der Waals surface area contributed by atoms with Gasteiger partial charge in [0.05, 0.1) is 0 Å². The lowest BCUT2D eigenvalue weighted by Crippen LogP contribution is -2.18. The lowest BCUT2D eigenvalue weighted by atomic mass is 9.95. The highest BCUT2D eigenvalue weighted by Gasteiger charge is 2.21. The molecule has 0 amide bonds. The lowest BCUT2D eigenvalue weighted by molar-refractivity contribution is 0.543. The molecule has 22 heavy (non-hydrogen) atoms. The smallest absolute Gasteiger partial charge is 0.182 e. The predicted octanol–water partition coefficient (Wildman–Crippen LogP) is 3.29. The van der Waals surface area contributed by atoms with E-state index < -0.39 is 0 Å². The third-order valence-electron chi connectivity index (χ3n) is 3.09. The van der Waals surface area contributed by atoms with Crippen molar-refractivity contribution in [1.29, 1.82) is 0 Å². The molecule has 0 fully saturated rings. The second kappa shape index (κ2) is 5.60. The van der Waals surface area contributed by atoms with Gasteiger partial charge >= 0.3 is 0 Å². The molecule has 3 aromatic heterocycles. The maximum absolute atomic E-state index is 4.59. The number of hydrogen-bond donors (Lipinski definition) is 0. The van der Waals surface area contributed by atoms with Gasteiger partial charge < -0.3 is 0 Å². The average Bonchev–Trinajstić information content (AvgIpc) is 2.55. The van der Waals surface area contributed by atoms with Crippen LogP contribution in [0.2, 0.25) is 0 Å². The predicted molar refractivity (Wildman–Crippen MR) is 85.0 cm³/mol. The van der Waals surface area contributed by atoms with Crippen molar-refractivity contribution in [2.75, 3.05) is 0 Å². The Hall–Kier alpha value is -2.69. The Morgan fingerprint density at radius 1 is 0.682 bits per heavy atom. The van der Waals surface area contributed by atoms with E-state index in [4.69, 9.17) is 0 Å². The standard InChI is InChI=1S/C17H17N5/c1-17(2,3)16-21-14(12-8-4-6-10-18-12)20-15(22-16)13-9-5-7-11-19-13/h4-11H,1-3H3. The summed E-state index contributed by atoms with van der Waals surface area (Å²) in [5, 5.41) is 0. The van der Waals surface area contributed by atoms with Crippen molar-refractivity contribution in [3.8, 4) is 23.0 Å². The first-order chi connectivity index (χ1) is 10.5. The Kier molecular flexibility index (Phi) is 3.63. The number of hydrogen-bond acceptors (Lipinski definition) is 5. The minimum atomic E-state index is -0.185. The summed E-state index contributed by atoms with van der Waals surface area (Å²) in [4.78, 5) is 22.4. The topological polar surface area (TPSA) is 64.5 Å². The third-order valence-corrected chi connectivity index (χ3v) is 3.09. The molecule has 0 aliphatic rings. The molecule has 0 aliphatic carbocycles. The molecule has 0 aromatic carbocycles. The number of nitrogens with zero attached hydrogens (tertiary/aromatic N) is 5. The summed E-state index contributed by atoms with van der Waals surface area (Å²) in [5.74, 6) is 1.87. The molecule has 0 saturated heterocycles. The van der Waals surface area contributed by atoms with E-state index in [9.17, 15) is 0 Å².